The Hall–Kier alpha value is -3.59. The Bertz CT molecular complexity index is 1190. The molecule has 0 aliphatic carbocycles. The van der Waals surface area contributed by atoms with E-state index in [0.29, 0.717) is 16.0 Å². The Balaban J connectivity index is 2.27. The van der Waals surface area contributed by atoms with Gasteiger partial charge in [-0.05, 0) is 31.2 Å². The summed E-state index contributed by atoms with van der Waals surface area (Å²) in [5.41, 5.74) is 0.496. The van der Waals surface area contributed by atoms with Crippen LogP contribution in [0.3, 0.4) is 0 Å². The predicted molar refractivity (Wildman–Crippen MR) is 111 cm³/mol. The first-order chi connectivity index (χ1) is 14.7. The molecule has 0 aliphatic heterocycles. The molecule has 0 bridgehead atoms. The van der Waals surface area contributed by atoms with Crippen LogP contribution in [0.5, 0.6) is 0 Å². The molecule has 3 rings (SSSR count). The number of furan rings is 1. The third kappa shape index (κ3) is 4.46. The Morgan fingerprint density at radius 1 is 1.13 bits per heavy atom. The van der Waals surface area contributed by atoms with Crippen molar-refractivity contribution in [3.8, 4) is 0 Å². The van der Waals surface area contributed by atoms with Gasteiger partial charge < -0.3 is 19.2 Å². The van der Waals surface area contributed by atoms with Gasteiger partial charge in [-0.25, -0.2) is 9.36 Å². The van der Waals surface area contributed by atoms with E-state index in [1.54, 1.807) is 19.1 Å². The van der Waals surface area contributed by atoms with Crippen LogP contribution >= 0.6 is 11.6 Å². The molecule has 0 aliphatic rings. The molecule has 162 valence electrons. The smallest absolute Gasteiger partial charge is 0.419 e. The average molecular weight is 447 g/mol. The maximum Gasteiger partial charge on any atom is 0.419 e. The van der Waals surface area contributed by atoms with Crippen molar-refractivity contribution in [3.63, 3.8) is 0 Å². The van der Waals surface area contributed by atoms with E-state index < -0.39 is 23.8 Å². The molecule has 0 unspecified atom stereocenters. The number of amides is 1. The number of ketones is 1. The van der Waals surface area contributed by atoms with Gasteiger partial charge in [0.2, 0.25) is 11.7 Å². The van der Waals surface area contributed by atoms with Crippen molar-refractivity contribution in [2.45, 2.75) is 27.4 Å². The van der Waals surface area contributed by atoms with Crippen molar-refractivity contribution in [2.24, 2.45) is 0 Å². The summed E-state index contributed by atoms with van der Waals surface area (Å²) in [6.07, 6.45) is 0.432. The summed E-state index contributed by atoms with van der Waals surface area (Å²) in [5, 5.41) is 3.33. The first-order valence-corrected chi connectivity index (χ1v) is 9.65. The molecular weight excluding hydrogens is 428 g/mol. The zero-order valence-electron chi connectivity index (χ0n) is 17.0. The van der Waals surface area contributed by atoms with Crippen LogP contribution in [0.25, 0.3) is 10.9 Å². The third-order valence-electron chi connectivity index (χ3n) is 4.28. The van der Waals surface area contributed by atoms with Gasteiger partial charge in [0, 0.05) is 29.8 Å². The van der Waals surface area contributed by atoms with Gasteiger partial charge in [-0.1, -0.05) is 11.6 Å². The molecule has 0 spiro atoms. The Morgan fingerprint density at radius 2 is 1.87 bits per heavy atom. The van der Waals surface area contributed by atoms with Gasteiger partial charge in [0.1, 0.15) is 12.3 Å². The normalized spacial score (nSPS) is 10.7. The minimum absolute atomic E-state index is 0.0562. The number of ether oxygens (including phenoxy) is 2. The van der Waals surface area contributed by atoms with Gasteiger partial charge in [0.15, 0.2) is 5.76 Å². The van der Waals surface area contributed by atoms with Crippen LogP contribution in [0.4, 0.5) is 10.5 Å². The van der Waals surface area contributed by atoms with E-state index in [-0.39, 0.29) is 35.9 Å². The molecule has 2 aromatic heterocycles. The zero-order chi connectivity index (χ0) is 22.7. The second-order valence-corrected chi connectivity index (χ2v) is 6.92. The van der Waals surface area contributed by atoms with Crippen molar-refractivity contribution in [3.05, 3.63) is 52.6 Å². The van der Waals surface area contributed by atoms with Gasteiger partial charge in [0.25, 0.3) is 0 Å². The molecule has 9 nitrogen and oxygen atoms in total. The summed E-state index contributed by atoms with van der Waals surface area (Å²) in [6, 6.07) is 6.11. The molecule has 3 aromatic rings. The van der Waals surface area contributed by atoms with E-state index in [9.17, 15) is 19.2 Å². The Kier molecular flexibility index (Phi) is 6.45. The van der Waals surface area contributed by atoms with E-state index in [1.165, 1.54) is 32.2 Å². The minimum atomic E-state index is -0.831. The number of nitrogens with zero attached hydrogens (tertiary/aromatic N) is 1. The van der Waals surface area contributed by atoms with Crippen LogP contribution in [-0.2, 0) is 25.7 Å². The molecular formula is C21H19ClN2O7. The number of hydrogen-bond donors (Lipinski definition) is 1. The number of rotatable bonds is 6. The molecule has 0 fully saturated rings. The van der Waals surface area contributed by atoms with Crippen molar-refractivity contribution in [1.82, 2.24) is 4.57 Å². The van der Waals surface area contributed by atoms with Crippen molar-refractivity contribution < 1.29 is 33.1 Å². The van der Waals surface area contributed by atoms with Crippen LogP contribution in [0.1, 0.15) is 42.6 Å². The molecule has 0 saturated carbocycles. The second kappa shape index (κ2) is 9.05. The lowest BCUT2D eigenvalue weighted by Crippen LogP contribution is -2.21. The zero-order valence-corrected chi connectivity index (χ0v) is 17.7. The van der Waals surface area contributed by atoms with Gasteiger partial charge in [0.05, 0.1) is 24.1 Å². The Morgan fingerprint density at radius 3 is 2.52 bits per heavy atom. The summed E-state index contributed by atoms with van der Waals surface area (Å²) in [7, 11) is 0. The summed E-state index contributed by atoms with van der Waals surface area (Å²) in [4.78, 5) is 49.4. The third-order valence-corrected chi connectivity index (χ3v) is 4.52. The quantitative estimate of drug-likeness (QED) is 0.446. The minimum Gasteiger partial charge on any atom is -0.461 e. The standard InChI is InChI=1S/C21H19ClN2O7/c1-4-29-21(28)24-16-9-14(22)5-6-15(16)17(23-11(2)25)18(24)19(27)20-13(7-8-30-20)10-31-12(3)26/h5-9H,4,10H2,1-3H3,(H,23,25). The molecule has 2 heterocycles. The van der Waals surface area contributed by atoms with Crippen molar-refractivity contribution in [2.75, 3.05) is 11.9 Å². The highest BCUT2D eigenvalue weighted by molar-refractivity contribution is 6.32. The summed E-state index contributed by atoms with van der Waals surface area (Å²) in [6.45, 7) is 3.99. The first kappa shape index (κ1) is 22.1. The number of nitrogens with one attached hydrogen (secondary N) is 1. The second-order valence-electron chi connectivity index (χ2n) is 6.48. The first-order valence-electron chi connectivity index (χ1n) is 9.27. The van der Waals surface area contributed by atoms with E-state index in [2.05, 4.69) is 5.32 Å². The number of aromatic nitrogens is 1. The molecule has 1 amide bonds. The number of hydrogen-bond acceptors (Lipinski definition) is 7. The largest absolute Gasteiger partial charge is 0.461 e. The average Bonchev–Trinajstić information content (AvgIpc) is 3.28. The highest BCUT2D eigenvalue weighted by Gasteiger charge is 2.31. The topological polar surface area (TPSA) is 117 Å². The molecule has 0 saturated heterocycles. The number of anilines is 1. The van der Waals surface area contributed by atoms with E-state index in [0.717, 1.165) is 4.57 Å². The van der Waals surface area contributed by atoms with Crippen LogP contribution in [0, 0.1) is 0 Å². The Labute approximate surface area is 181 Å². The van der Waals surface area contributed by atoms with Crippen molar-refractivity contribution >= 4 is 51.9 Å². The lowest BCUT2D eigenvalue weighted by atomic mass is 10.1. The van der Waals surface area contributed by atoms with E-state index in [4.69, 9.17) is 25.5 Å². The fourth-order valence-electron chi connectivity index (χ4n) is 3.09. The molecule has 0 atom stereocenters. The maximum absolute atomic E-state index is 13.5. The predicted octanol–water partition coefficient (Wildman–Crippen LogP) is 4.14. The molecule has 1 aromatic carbocycles. The number of carbonyl (C=O) groups excluding carboxylic acids is 4. The van der Waals surface area contributed by atoms with Crippen LogP contribution < -0.4 is 5.32 Å². The fraction of sp³-hybridized carbons (Fsp3) is 0.238. The summed E-state index contributed by atoms with van der Waals surface area (Å²) < 4.78 is 16.5. The van der Waals surface area contributed by atoms with Gasteiger partial charge >= 0.3 is 12.1 Å². The number of benzene rings is 1. The fourth-order valence-corrected chi connectivity index (χ4v) is 3.26. The maximum atomic E-state index is 13.5. The lowest BCUT2D eigenvalue weighted by Gasteiger charge is -2.10. The number of esters is 1. The van der Waals surface area contributed by atoms with E-state index >= 15 is 0 Å². The van der Waals surface area contributed by atoms with Crippen molar-refractivity contribution in [1.29, 1.82) is 0 Å². The van der Waals surface area contributed by atoms with Gasteiger partial charge in [-0.15, -0.1) is 0 Å². The highest BCUT2D eigenvalue weighted by Crippen LogP contribution is 2.35. The van der Waals surface area contributed by atoms with Gasteiger partial charge in [-0.2, -0.15) is 0 Å². The van der Waals surface area contributed by atoms with E-state index in [1.807, 2.05) is 0 Å². The molecule has 0 radical (unpaired) electrons. The van der Waals surface area contributed by atoms with Crippen LogP contribution in [0.15, 0.2) is 34.9 Å². The highest BCUT2D eigenvalue weighted by atomic mass is 35.5. The van der Waals surface area contributed by atoms with Gasteiger partial charge in [-0.3, -0.25) is 14.4 Å². The number of halogens is 1. The molecule has 1 N–H and O–H groups in total. The van der Waals surface area contributed by atoms with Crippen LogP contribution in [0.2, 0.25) is 5.02 Å². The monoisotopic (exact) mass is 446 g/mol. The number of carbonyl (C=O) groups is 4. The number of fused-ring (bicyclic) bond motifs is 1. The molecule has 31 heavy (non-hydrogen) atoms. The van der Waals surface area contributed by atoms with Crippen LogP contribution in [-0.4, -0.2) is 34.9 Å². The SMILES string of the molecule is CCOC(=O)n1c(C(=O)c2occc2COC(C)=O)c(NC(C)=O)c2ccc(Cl)cc21. The lowest BCUT2D eigenvalue weighted by molar-refractivity contribution is -0.142. The summed E-state index contributed by atoms with van der Waals surface area (Å²) >= 11 is 6.11. The molecule has 10 heteroatoms. The summed E-state index contributed by atoms with van der Waals surface area (Å²) in [5.74, 6) is -1.84.